The highest BCUT2D eigenvalue weighted by Gasteiger charge is 2.31. The summed E-state index contributed by atoms with van der Waals surface area (Å²) in [5, 5.41) is 0. The molecule has 1 aromatic rings. The third kappa shape index (κ3) is 6.10. The molecule has 2 aliphatic heterocycles. The number of hydrogen-bond donors (Lipinski definition) is 0. The number of morpholine rings is 1. The van der Waals surface area contributed by atoms with E-state index < -0.39 is 0 Å². The van der Waals surface area contributed by atoms with Gasteiger partial charge in [0.05, 0.1) is 18.8 Å². The summed E-state index contributed by atoms with van der Waals surface area (Å²) in [6.45, 7) is 17.7. The number of anilines is 2. The lowest BCUT2D eigenvalue weighted by Crippen LogP contribution is -2.48. The molecule has 3 fully saturated rings. The Kier molecular flexibility index (Phi) is 7.69. The molecule has 0 radical (unpaired) electrons. The number of rotatable bonds is 6. The summed E-state index contributed by atoms with van der Waals surface area (Å²) in [6, 6.07) is 7.24. The number of ether oxygens (including phenoxy) is 1. The second-order valence-corrected chi connectivity index (χ2v) is 11.5. The molecule has 184 valence electrons. The van der Waals surface area contributed by atoms with Crippen LogP contribution in [0.25, 0.3) is 0 Å². The third-order valence-electron chi connectivity index (χ3n) is 8.08. The molecule has 5 nitrogen and oxygen atoms in total. The van der Waals surface area contributed by atoms with Crippen LogP contribution in [0.4, 0.5) is 11.4 Å². The summed E-state index contributed by atoms with van der Waals surface area (Å²) < 4.78 is 5.99. The first-order chi connectivity index (χ1) is 15.7. The molecule has 3 aliphatic rings. The van der Waals surface area contributed by atoms with Gasteiger partial charge in [0.25, 0.3) is 0 Å². The number of hydrogen-bond acceptors (Lipinski definition) is 5. The maximum Gasteiger partial charge on any atom is 0.146 e. The van der Waals surface area contributed by atoms with Gasteiger partial charge in [0.15, 0.2) is 0 Å². The van der Waals surface area contributed by atoms with Crippen LogP contribution in [0.5, 0.6) is 0 Å². The molecule has 2 atom stereocenters. The second-order valence-electron chi connectivity index (χ2n) is 11.5. The number of ketones is 1. The Morgan fingerprint density at radius 3 is 2.24 bits per heavy atom. The Morgan fingerprint density at radius 2 is 1.64 bits per heavy atom. The van der Waals surface area contributed by atoms with Gasteiger partial charge < -0.3 is 14.5 Å². The number of piperazine rings is 1. The van der Waals surface area contributed by atoms with Crippen LogP contribution in [-0.4, -0.2) is 68.7 Å². The lowest BCUT2D eigenvalue weighted by atomic mass is 9.71. The van der Waals surface area contributed by atoms with Crippen LogP contribution in [0.2, 0.25) is 0 Å². The Labute approximate surface area is 201 Å². The molecule has 1 aromatic carbocycles. The summed E-state index contributed by atoms with van der Waals surface area (Å²) in [7, 11) is 0. The minimum absolute atomic E-state index is 0.270. The van der Waals surface area contributed by atoms with Crippen LogP contribution in [0.15, 0.2) is 18.2 Å². The molecule has 0 spiro atoms. The molecule has 0 N–H and O–H groups in total. The summed E-state index contributed by atoms with van der Waals surface area (Å²) in [4.78, 5) is 19.3. The molecule has 0 amide bonds. The van der Waals surface area contributed by atoms with Gasteiger partial charge in [-0.15, -0.1) is 0 Å². The first kappa shape index (κ1) is 24.5. The predicted molar refractivity (Wildman–Crippen MR) is 138 cm³/mol. The van der Waals surface area contributed by atoms with Crippen molar-refractivity contribution in [2.24, 2.45) is 5.41 Å². The van der Waals surface area contributed by atoms with Gasteiger partial charge in [-0.3, -0.25) is 9.69 Å². The highest BCUT2D eigenvalue weighted by molar-refractivity contribution is 5.80. The summed E-state index contributed by atoms with van der Waals surface area (Å²) >= 11 is 0. The normalized spacial score (nSPS) is 27.1. The number of nitrogens with zero attached hydrogens (tertiary/aromatic N) is 3. The molecular formula is C28H45N3O2. The summed E-state index contributed by atoms with van der Waals surface area (Å²) in [5.74, 6) is 0.996. The minimum atomic E-state index is 0.270. The van der Waals surface area contributed by atoms with Crippen LogP contribution in [-0.2, 0) is 9.53 Å². The Bertz CT molecular complexity index is 795. The van der Waals surface area contributed by atoms with E-state index in [0.717, 1.165) is 39.3 Å². The minimum Gasteiger partial charge on any atom is -0.372 e. The van der Waals surface area contributed by atoms with Crippen molar-refractivity contribution >= 4 is 17.2 Å². The van der Waals surface area contributed by atoms with Crippen LogP contribution in [0, 0.1) is 5.41 Å². The van der Waals surface area contributed by atoms with Crippen molar-refractivity contribution in [1.82, 2.24) is 4.90 Å². The zero-order valence-electron chi connectivity index (χ0n) is 21.6. The van der Waals surface area contributed by atoms with E-state index in [1.165, 1.54) is 37.1 Å². The molecular weight excluding hydrogens is 410 g/mol. The monoisotopic (exact) mass is 455 g/mol. The van der Waals surface area contributed by atoms with Gasteiger partial charge >= 0.3 is 0 Å². The quantitative estimate of drug-likeness (QED) is 0.597. The Balaban J connectivity index is 1.55. The molecule has 1 saturated carbocycles. The van der Waals surface area contributed by atoms with Crippen molar-refractivity contribution in [1.29, 1.82) is 0 Å². The second kappa shape index (κ2) is 10.4. The van der Waals surface area contributed by atoms with Gasteiger partial charge in [-0.2, -0.15) is 0 Å². The van der Waals surface area contributed by atoms with Crippen LogP contribution in [0.3, 0.4) is 0 Å². The fourth-order valence-corrected chi connectivity index (χ4v) is 5.96. The lowest BCUT2D eigenvalue weighted by molar-refractivity contribution is -0.119. The smallest absolute Gasteiger partial charge is 0.146 e. The van der Waals surface area contributed by atoms with E-state index in [1.54, 1.807) is 5.56 Å². The topological polar surface area (TPSA) is 36.0 Å². The zero-order valence-corrected chi connectivity index (χ0v) is 21.6. The molecule has 2 heterocycles. The zero-order chi connectivity index (χ0) is 23.6. The van der Waals surface area contributed by atoms with Crippen LogP contribution in [0.1, 0.15) is 78.2 Å². The summed E-state index contributed by atoms with van der Waals surface area (Å²) in [6.07, 6.45) is 6.36. The first-order valence-electron chi connectivity index (χ1n) is 13.3. The van der Waals surface area contributed by atoms with Crippen molar-refractivity contribution in [2.45, 2.75) is 84.8 Å². The van der Waals surface area contributed by atoms with Crippen molar-refractivity contribution in [3.63, 3.8) is 0 Å². The van der Waals surface area contributed by atoms with E-state index in [2.05, 4.69) is 60.6 Å². The van der Waals surface area contributed by atoms with E-state index in [0.29, 0.717) is 30.1 Å². The predicted octanol–water partition coefficient (Wildman–Crippen LogP) is 5.09. The van der Waals surface area contributed by atoms with Gasteiger partial charge in [0, 0.05) is 57.1 Å². The number of benzene rings is 1. The third-order valence-corrected chi connectivity index (χ3v) is 8.08. The number of carbonyl (C=O) groups excluding carboxylic acids is 1. The maximum atomic E-state index is 11.9. The SMILES string of the molecule is CCC(=O)CN1CCN(c2ccc(N3C[C@@H](C)O[C@@H](C)C3)cc2C2CCC(C)(C)CC2)CC1. The van der Waals surface area contributed by atoms with E-state index in [9.17, 15) is 4.79 Å². The van der Waals surface area contributed by atoms with Gasteiger partial charge in [0.1, 0.15) is 5.78 Å². The van der Waals surface area contributed by atoms with Crippen molar-refractivity contribution in [3.8, 4) is 0 Å². The molecule has 2 saturated heterocycles. The van der Waals surface area contributed by atoms with Gasteiger partial charge in [0.2, 0.25) is 0 Å². The average Bonchev–Trinajstić information content (AvgIpc) is 2.78. The van der Waals surface area contributed by atoms with Crippen LogP contribution >= 0.6 is 0 Å². The van der Waals surface area contributed by atoms with E-state index in [-0.39, 0.29) is 12.2 Å². The largest absolute Gasteiger partial charge is 0.372 e. The number of carbonyl (C=O) groups is 1. The van der Waals surface area contributed by atoms with Crippen molar-refractivity contribution in [2.75, 3.05) is 55.6 Å². The van der Waals surface area contributed by atoms with Gasteiger partial charge in [-0.1, -0.05) is 20.8 Å². The maximum absolute atomic E-state index is 11.9. The van der Waals surface area contributed by atoms with E-state index in [1.807, 2.05) is 6.92 Å². The number of Topliss-reactive ketones (excluding diaryl/α,β-unsaturated/α-hetero) is 1. The molecule has 5 heteroatoms. The standard InChI is InChI=1S/C28H45N3O2/c1-6-25(32)20-29-13-15-30(16-14-29)27-8-7-24(31-18-21(2)33-22(3)19-31)17-26(27)23-9-11-28(4,5)12-10-23/h7-8,17,21-23H,6,9-16,18-20H2,1-5H3/t21-,22+. The molecule has 0 bridgehead atoms. The van der Waals surface area contributed by atoms with E-state index in [4.69, 9.17) is 4.74 Å². The van der Waals surface area contributed by atoms with Crippen molar-refractivity contribution < 1.29 is 9.53 Å². The fourth-order valence-electron chi connectivity index (χ4n) is 5.96. The Hall–Kier alpha value is -1.59. The van der Waals surface area contributed by atoms with Crippen LogP contribution < -0.4 is 9.80 Å². The fraction of sp³-hybridized carbons (Fsp3) is 0.750. The van der Waals surface area contributed by atoms with Gasteiger partial charge in [-0.25, -0.2) is 0 Å². The molecule has 33 heavy (non-hydrogen) atoms. The molecule has 0 unspecified atom stereocenters. The highest BCUT2D eigenvalue weighted by atomic mass is 16.5. The molecule has 0 aromatic heterocycles. The average molecular weight is 456 g/mol. The Morgan fingerprint density at radius 1 is 1.00 bits per heavy atom. The van der Waals surface area contributed by atoms with E-state index >= 15 is 0 Å². The molecule has 1 aliphatic carbocycles. The highest BCUT2D eigenvalue weighted by Crippen LogP contribution is 2.45. The van der Waals surface area contributed by atoms with Crippen molar-refractivity contribution in [3.05, 3.63) is 23.8 Å². The summed E-state index contributed by atoms with van der Waals surface area (Å²) in [5.41, 5.74) is 4.81. The van der Waals surface area contributed by atoms with Gasteiger partial charge in [-0.05, 0) is 74.6 Å². The first-order valence-corrected chi connectivity index (χ1v) is 13.3. The molecule has 4 rings (SSSR count). The lowest BCUT2D eigenvalue weighted by Gasteiger charge is -2.41.